The standard InChI is InChI=1S/C13H17N3O3S2/c17-8-10-3-5-16(6-4-10)21(18,19)15-11-1-2-12-13(7-11)20-9-14-12/h1-2,7,9-10,15,17H,3-6,8H2. The number of piperidine rings is 1. The van der Waals surface area contributed by atoms with E-state index in [-0.39, 0.29) is 12.5 Å². The molecule has 0 amide bonds. The number of thiazole rings is 1. The molecule has 8 heteroatoms. The molecule has 1 aromatic carbocycles. The first-order valence-electron chi connectivity index (χ1n) is 6.80. The van der Waals surface area contributed by atoms with Gasteiger partial charge in [0.2, 0.25) is 0 Å². The predicted molar refractivity (Wildman–Crippen MR) is 83.5 cm³/mol. The van der Waals surface area contributed by atoms with Crippen molar-refractivity contribution in [2.75, 3.05) is 24.4 Å². The molecule has 3 rings (SSSR count). The second-order valence-electron chi connectivity index (χ2n) is 5.17. The van der Waals surface area contributed by atoms with Gasteiger partial charge >= 0.3 is 10.2 Å². The number of hydrogen-bond acceptors (Lipinski definition) is 5. The summed E-state index contributed by atoms with van der Waals surface area (Å²) in [5.41, 5.74) is 3.16. The minimum absolute atomic E-state index is 0.128. The summed E-state index contributed by atoms with van der Waals surface area (Å²) < 4.78 is 29.7. The van der Waals surface area contributed by atoms with Crippen molar-refractivity contribution in [1.82, 2.24) is 9.29 Å². The highest BCUT2D eigenvalue weighted by molar-refractivity contribution is 7.90. The maximum Gasteiger partial charge on any atom is 0.301 e. The van der Waals surface area contributed by atoms with Gasteiger partial charge in [-0.2, -0.15) is 12.7 Å². The molecule has 114 valence electrons. The van der Waals surface area contributed by atoms with E-state index in [4.69, 9.17) is 5.11 Å². The topological polar surface area (TPSA) is 82.5 Å². The Bertz CT molecular complexity index is 721. The lowest BCUT2D eigenvalue weighted by molar-refractivity contribution is 0.170. The van der Waals surface area contributed by atoms with Crippen molar-refractivity contribution in [3.63, 3.8) is 0 Å². The lowest BCUT2D eigenvalue weighted by Gasteiger charge is -2.30. The van der Waals surface area contributed by atoms with Crippen LogP contribution in [0.4, 0.5) is 5.69 Å². The molecule has 2 N–H and O–H groups in total. The van der Waals surface area contributed by atoms with Crippen molar-refractivity contribution in [1.29, 1.82) is 0 Å². The Morgan fingerprint density at radius 2 is 2.14 bits per heavy atom. The van der Waals surface area contributed by atoms with Crippen LogP contribution in [-0.4, -0.2) is 42.5 Å². The van der Waals surface area contributed by atoms with Crippen molar-refractivity contribution in [2.45, 2.75) is 12.8 Å². The van der Waals surface area contributed by atoms with E-state index in [1.807, 2.05) is 6.07 Å². The maximum absolute atomic E-state index is 12.4. The zero-order valence-electron chi connectivity index (χ0n) is 11.4. The third-order valence-corrected chi connectivity index (χ3v) is 6.08. The SMILES string of the molecule is O=S(=O)(Nc1ccc2ncsc2c1)N1CCC(CO)CC1. The van der Waals surface area contributed by atoms with Crippen LogP contribution in [0.2, 0.25) is 0 Å². The molecule has 0 aliphatic carbocycles. The molecular weight excluding hydrogens is 310 g/mol. The van der Waals surface area contributed by atoms with Gasteiger partial charge in [0.15, 0.2) is 0 Å². The number of anilines is 1. The van der Waals surface area contributed by atoms with Crippen LogP contribution in [0.15, 0.2) is 23.7 Å². The molecule has 1 aliphatic rings. The highest BCUT2D eigenvalue weighted by Gasteiger charge is 2.27. The molecule has 2 aromatic rings. The lowest BCUT2D eigenvalue weighted by atomic mass is 10.00. The van der Waals surface area contributed by atoms with Gasteiger partial charge in [0.25, 0.3) is 0 Å². The molecule has 0 saturated carbocycles. The van der Waals surface area contributed by atoms with E-state index in [0.29, 0.717) is 31.6 Å². The van der Waals surface area contributed by atoms with Crippen molar-refractivity contribution in [2.24, 2.45) is 5.92 Å². The number of aromatic nitrogens is 1. The Labute approximate surface area is 127 Å². The van der Waals surface area contributed by atoms with Gasteiger partial charge in [-0.1, -0.05) is 0 Å². The number of rotatable bonds is 4. The number of aliphatic hydroxyl groups is 1. The fourth-order valence-corrected chi connectivity index (χ4v) is 4.43. The summed E-state index contributed by atoms with van der Waals surface area (Å²) in [6, 6.07) is 5.33. The van der Waals surface area contributed by atoms with E-state index in [0.717, 1.165) is 10.2 Å². The fourth-order valence-electron chi connectivity index (χ4n) is 2.46. The van der Waals surface area contributed by atoms with Gasteiger partial charge in [-0.3, -0.25) is 4.72 Å². The number of nitrogens with one attached hydrogen (secondary N) is 1. The zero-order valence-corrected chi connectivity index (χ0v) is 13.0. The number of hydrogen-bond donors (Lipinski definition) is 2. The highest BCUT2D eigenvalue weighted by Crippen LogP contribution is 2.24. The summed E-state index contributed by atoms with van der Waals surface area (Å²) >= 11 is 1.48. The molecule has 0 bridgehead atoms. The van der Waals surface area contributed by atoms with E-state index >= 15 is 0 Å². The zero-order chi connectivity index (χ0) is 14.9. The Morgan fingerprint density at radius 3 is 2.86 bits per heavy atom. The molecule has 0 radical (unpaired) electrons. The number of aliphatic hydroxyl groups excluding tert-OH is 1. The Hall–Kier alpha value is -1.22. The first kappa shape index (κ1) is 14.7. The summed E-state index contributed by atoms with van der Waals surface area (Å²) in [5, 5.41) is 9.11. The van der Waals surface area contributed by atoms with Crippen molar-refractivity contribution < 1.29 is 13.5 Å². The van der Waals surface area contributed by atoms with Gasteiger partial charge in [-0.05, 0) is 37.0 Å². The molecule has 1 saturated heterocycles. The van der Waals surface area contributed by atoms with Crippen LogP contribution in [-0.2, 0) is 10.2 Å². The van der Waals surface area contributed by atoms with E-state index in [1.54, 1.807) is 17.6 Å². The summed E-state index contributed by atoms with van der Waals surface area (Å²) in [7, 11) is -3.53. The van der Waals surface area contributed by atoms with Crippen LogP contribution in [0.1, 0.15) is 12.8 Å². The number of nitrogens with zero attached hydrogens (tertiary/aromatic N) is 2. The monoisotopic (exact) mass is 327 g/mol. The Kier molecular flexibility index (Phi) is 4.12. The van der Waals surface area contributed by atoms with E-state index in [2.05, 4.69) is 9.71 Å². The summed E-state index contributed by atoms with van der Waals surface area (Å²) in [6.45, 7) is 1.02. The number of benzene rings is 1. The molecule has 0 unspecified atom stereocenters. The minimum atomic E-state index is -3.53. The average molecular weight is 327 g/mol. The molecule has 21 heavy (non-hydrogen) atoms. The summed E-state index contributed by atoms with van der Waals surface area (Å²) in [4.78, 5) is 4.17. The first-order valence-corrected chi connectivity index (χ1v) is 9.12. The van der Waals surface area contributed by atoms with E-state index < -0.39 is 10.2 Å². The molecular formula is C13H17N3O3S2. The van der Waals surface area contributed by atoms with Crippen LogP contribution in [0.25, 0.3) is 10.2 Å². The van der Waals surface area contributed by atoms with Crippen LogP contribution in [0.3, 0.4) is 0 Å². The third-order valence-electron chi connectivity index (χ3n) is 3.75. The van der Waals surface area contributed by atoms with Crippen LogP contribution in [0, 0.1) is 5.92 Å². The third kappa shape index (κ3) is 3.18. The molecule has 1 aliphatic heterocycles. The van der Waals surface area contributed by atoms with E-state index in [1.165, 1.54) is 15.6 Å². The predicted octanol–water partition coefficient (Wildman–Crippen LogP) is 1.66. The second-order valence-corrected chi connectivity index (χ2v) is 7.72. The molecule has 1 aromatic heterocycles. The second kappa shape index (κ2) is 5.88. The van der Waals surface area contributed by atoms with Crippen molar-refractivity contribution >= 4 is 37.5 Å². The van der Waals surface area contributed by atoms with Gasteiger partial charge < -0.3 is 5.11 Å². The normalized spacial score (nSPS) is 18.1. The van der Waals surface area contributed by atoms with Gasteiger partial charge in [-0.25, -0.2) is 4.98 Å². The fraction of sp³-hybridized carbons (Fsp3) is 0.462. The minimum Gasteiger partial charge on any atom is -0.396 e. The Morgan fingerprint density at radius 1 is 1.38 bits per heavy atom. The summed E-state index contributed by atoms with van der Waals surface area (Å²) in [5.74, 6) is 0.213. The smallest absolute Gasteiger partial charge is 0.301 e. The molecule has 0 atom stereocenters. The van der Waals surface area contributed by atoms with Crippen LogP contribution >= 0.6 is 11.3 Å². The van der Waals surface area contributed by atoms with E-state index in [9.17, 15) is 8.42 Å². The quantitative estimate of drug-likeness (QED) is 0.895. The van der Waals surface area contributed by atoms with Gasteiger partial charge in [0, 0.05) is 19.7 Å². The summed E-state index contributed by atoms with van der Waals surface area (Å²) in [6.07, 6.45) is 1.40. The molecule has 1 fully saturated rings. The van der Waals surface area contributed by atoms with Crippen LogP contribution in [0.5, 0.6) is 0 Å². The lowest BCUT2D eigenvalue weighted by Crippen LogP contribution is -2.42. The van der Waals surface area contributed by atoms with Crippen LogP contribution < -0.4 is 4.72 Å². The van der Waals surface area contributed by atoms with Crippen molar-refractivity contribution in [3.05, 3.63) is 23.7 Å². The average Bonchev–Trinajstić information content (AvgIpc) is 2.94. The van der Waals surface area contributed by atoms with Gasteiger partial charge in [0.05, 0.1) is 21.4 Å². The van der Waals surface area contributed by atoms with Gasteiger partial charge in [-0.15, -0.1) is 11.3 Å². The highest BCUT2D eigenvalue weighted by atomic mass is 32.2. The Balaban J connectivity index is 1.73. The van der Waals surface area contributed by atoms with Crippen molar-refractivity contribution in [3.8, 4) is 0 Å². The molecule has 0 spiro atoms. The largest absolute Gasteiger partial charge is 0.396 e. The first-order chi connectivity index (χ1) is 10.1. The van der Waals surface area contributed by atoms with Gasteiger partial charge in [0.1, 0.15) is 0 Å². The molecule has 6 nitrogen and oxygen atoms in total. The number of fused-ring (bicyclic) bond motifs is 1. The maximum atomic E-state index is 12.4. The molecule has 2 heterocycles.